The molecular weight excluding hydrogens is 294 g/mol. The van der Waals surface area contributed by atoms with Gasteiger partial charge in [-0.25, -0.2) is 14.6 Å². The van der Waals surface area contributed by atoms with Crippen molar-refractivity contribution in [3.63, 3.8) is 0 Å². The summed E-state index contributed by atoms with van der Waals surface area (Å²) in [6, 6.07) is 8.96. The van der Waals surface area contributed by atoms with Crippen molar-refractivity contribution in [1.82, 2.24) is 19.7 Å². The van der Waals surface area contributed by atoms with Crippen LogP contribution in [0.5, 0.6) is 0 Å². The summed E-state index contributed by atoms with van der Waals surface area (Å²) in [4.78, 5) is 20.4. The normalized spacial score (nSPS) is 10.5. The number of anilines is 1. The molecule has 1 aromatic carbocycles. The van der Waals surface area contributed by atoms with Crippen molar-refractivity contribution in [2.45, 2.75) is 6.61 Å². The number of aromatic nitrogens is 4. The van der Waals surface area contributed by atoms with Crippen molar-refractivity contribution in [2.75, 3.05) is 12.4 Å². The zero-order valence-corrected chi connectivity index (χ0v) is 12.5. The predicted molar refractivity (Wildman–Crippen MR) is 84.3 cm³/mol. The van der Waals surface area contributed by atoms with Gasteiger partial charge in [0.25, 0.3) is 5.91 Å². The summed E-state index contributed by atoms with van der Waals surface area (Å²) in [7, 11) is 1.63. The smallest absolute Gasteiger partial charge is 0.255 e. The first kappa shape index (κ1) is 14.9. The van der Waals surface area contributed by atoms with Crippen LogP contribution in [0, 0.1) is 0 Å². The van der Waals surface area contributed by atoms with E-state index in [4.69, 9.17) is 4.74 Å². The summed E-state index contributed by atoms with van der Waals surface area (Å²) in [6.45, 7) is 0.520. The van der Waals surface area contributed by atoms with Gasteiger partial charge in [0.15, 0.2) is 0 Å². The van der Waals surface area contributed by atoms with Crippen LogP contribution in [0.2, 0.25) is 0 Å². The van der Waals surface area contributed by atoms with Gasteiger partial charge in [0.2, 0.25) is 5.95 Å². The monoisotopic (exact) mass is 309 g/mol. The van der Waals surface area contributed by atoms with Gasteiger partial charge in [0.1, 0.15) is 0 Å². The molecule has 0 radical (unpaired) electrons. The fourth-order valence-corrected chi connectivity index (χ4v) is 2.03. The van der Waals surface area contributed by atoms with Gasteiger partial charge in [-0.05, 0) is 23.8 Å². The molecule has 116 valence electrons. The molecule has 7 nitrogen and oxygen atoms in total. The number of hydrogen-bond acceptors (Lipinski definition) is 5. The Kier molecular flexibility index (Phi) is 4.39. The predicted octanol–water partition coefficient (Wildman–Crippen LogP) is 2.06. The van der Waals surface area contributed by atoms with Crippen LogP contribution in [-0.4, -0.2) is 32.8 Å². The molecule has 0 aliphatic carbocycles. The van der Waals surface area contributed by atoms with Gasteiger partial charge in [-0.1, -0.05) is 12.1 Å². The lowest BCUT2D eigenvalue weighted by atomic mass is 10.1. The quantitative estimate of drug-likeness (QED) is 0.780. The van der Waals surface area contributed by atoms with Crippen molar-refractivity contribution < 1.29 is 9.53 Å². The first-order chi connectivity index (χ1) is 11.3. The Morgan fingerprint density at radius 3 is 2.65 bits per heavy atom. The first-order valence-corrected chi connectivity index (χ1v) is 6.97. The summed E-state index contributed by atoms with van der Waals surface area (Å²) in [5, 5.41) is 6.92. The van der Waals surface area contributed by atoms with Crippen molar-refractivity contribution in [3.05, 3.63) is 66.2 Å². The number of rotatable bonds is 5. The number of nitrogens with one attached hydrogen (secondary N) is 1. The SMILES string of the molecule is COCc1ccc(C(=O)Nc2cnn(-c3ncccn3)c2)cc1. The number of benzene rings is 1. The van der Waals surface area contributed by atoms with E-state index in [2.05, 4.69) is 20.4 Å². The Hall–Kier alpha value is -3.06. The number of hydrogen-bond donors (Lipinski definition) is 1. The molecule has 3 rings (SSSR count). The maximum Gasteiger partial charge on any atom is 0.255 e. The van der Waals surface area contributed by atoms with E-state index in [0.717, 1.165) is 5.56 Å². The van der Waals surface area contributed by atoms with Gasteiger partial charge in [-0.2, -0.15) is 5.10 Å². The highest BCUT2D eigenvalue weighted by atomic mass is 16.5. The van der Waals surface area contributed by atoms with Gasteiger partial charge in [0.05, 0.1) is 24.7 Å². The van der Waals surface area contributed by atoms with Crippen LogP contribution >= 0.6 is 0 Å². The lowest BCUT2D eigenvalue weighted by Gasteiger charge is -2.04. The van der Waals surface area contributed by atoms with E-state index >= 15 is 0 Å². The van der Waals surface area contributed by atoms with E-state index in [1.54, 1.807) is 50.1 Å². The highest BCUT2D eigenvalue weighted by molar-refractivity contribution is 6.04. The largest absolute Gasteiger partial charge is 0.380 e. The number of carbonyl (C=O) groups excluding carboxylic acids is 1. The molecule has 23 heavy (non-hydrogen) atoms. The summed E-state index contributed by atoms with van der Waals surface area (Å²) < 4.78 is 6.54. The number of amides is 1. The summed E-state index contributed by atoms with van der Waals surface area (Å²) in [5.74, 6) is 0.236. The molecule has 1 N–H and O–H groups in total. The van der Waals surface area contributed by atoms with E-state index in [1.807, 2.05) is 12.1 Å². The first-order valence-electron chi connectivity index (χ1n) is 6.97. The third-order valence-corrected chi connectivity index (χ3v) is 3.12. The molecule has 2 heterocycles. The molecule has 0 fully saturated rings. The molecule has 0 unspecified atom stereocenters. The average Bonchev–Trinajstić information content (AvgIpc) is 3.05. The van der Waals surface area contributed by atoms with E-state index < -0.39 is 0 Å². The zero-order chi connectivity index (χ0) is 16.1. The topological polar surface area (TPSA) is 81.9 Å². The molecule has 0 spiro atoms. The highest BCUT2D eigenvalue weighted by Crippen LogP contribution is 2.11. The van der Waals surface area contributed by atoms with Crippen molar-refractivity contribution >= 4 is 11.6 Å². The van der Waals surface area contributed by atoms with Crippen molar-refractivity contribution in [1.29, 1.82) is 0 Å². The highest BCUT2D eigenvalue weighted by Gasteiger charge is 2.09. The molecule has 0 aliphatic heterocycles. The van der Waals surface area contributed by atoms with E-state index in [1.165, 1.54) is 4.68 Å². The Balaban J connectivity index is 1.69. The van der Waals surface area contributed by atoms with Gasteiger partial charge < -0.3 is 10.1 Å². The van der Waals surface area contributed by atoms with Crippen LogP contribution in [0.3, 0.4) is 0 Å². The molecule has 0 bridgehead atoms. The Bertz CT molecular complexity index is 784. The Morgan fingerprint density at radius 2 is 1.96 bits per heavy atom. The molecule has 1 amide bonds. The van der Waals surface area contributed by atoms with Crippen LogP contribution in [-0.2, 0) is 11.3 Å². The standard InChI is InChI=1S/C16H15N5O2/c1-23-11-12-3-5-13(6-4-12)15(22)20-14-9-19-21(10-14)16-17-7-2-8-18-16/h2-10H,11H2,1H3,(H,20,22). The van der Waals surface area contributed by atoms with Crippen LogP contribution < -0.4 is 5.32 Å². The minimum absolute atomic E-state index is 0.206. The molecule has 0 atom stereocenters. The van der Waals surface area contributed by atoms with Gasteiger partial charge in [-0.3, -0.25) is 4.79 Å². The van der Waals surface area contributed by atoms with Crippen LogP contribution in [0.15, 0.2) is 55.1 Å². The second kappa shape index (κ2) is 6.80. The Labute approximate surface area is 133 Å². The van der Waals surface area contributed by atoms with Gasteiger partial charge in [0, 0.05) is 25.1 Å². The van der Waals surface area contributed by atoms with E-state index in [9.17, 15) is 4.79 Å². The maximum atomic E-state index is 12.2. The zero-order valence-electron chi connectivity index (χ0n) is 12.5. The molecule has 0 saturated heterocycles. The van der Waals surface area contributed by atoms with Crippen molar-refractivity contribution in [2.24, 2.45) is 0 Å². The second-order valence-corrected chi connectivity index (χ2v) is 4.81. The fourth-order valence-electron chi connectivity index (χ4n) is 2.03. The van der Waals surface area contributed by atoms with E-state index in [-0.39, 0.29) is 5.91 Å². The van der Waals surface area contributed by atoms with Crippen molar-refractivity contribution in [3.8, 4) is 5.95 Å². The fraction of sp³-hybridized carbons (Fsp3) is 0.125. The number of methoxy groups -OCH3 is 1. The molecule has 7 heteroatoms. The van der Waals surface area contributed by atoms with Crippen LogP contribution in [0.4, 0.5) is 5.69 Å². The van der Waals surface area contributed by atoms with E-state index in [0.29, 0.717) is 23.8 Å². The summed E-state index contributed by atoms with van der Waals surface area (Å²) >= 11 is 0. The van der Waals surface area contributed by atoms with Gasteiger partial charge in [-0.15, -0.1) is 0 Å². The van der Waals surface area contributed by atoms with Crippen LogP contribution in [0.25, 0.3) is 5.95 Å². The summed E-state index contributed by atoms with van der Waals surface area (Å²) in [5.41, 5.74) is 2.15. The Morgan fingerprint density at radius 1 is 1.22 bits per heavy atom. The van der Waals surface area contributed by atoms with Gasteiger partial charge >= 0.3 is 0 Å². The minimum atomic E-state index is -0.206. The molecule has 3 aromatic rings. The third-order valence-electron chi connectivity index (χ3n) is 3.12. The molecule has 0 saturated carbocycles. The summed E-state index contributed by atoms with van der Waals surface area (Å²) in [6.07, 6.45) is 6.47. The number of ether oxygens (including phenoxy) is 1. The minimum Gasteiger partial charge on any atom is -0.380 e. The molecule has 0 aliphatic rings. The lowest BCUT2D eigenvalue weighted by molar-refractivity contribution is 0.102. The average molecular weight is 309 g/mol. The third kappa shape index (κ3) is 3.58. The molecular formula is C16H15N5O2. The number of nitrogens with zero attached hydrogens (tertiary/aromatic N) is 4. The molecule has 2 aromatic heterocycles. The number of carbonyl (C=O) groups is 1. The maximum absolute atomic E-state index is 12.2. The van der Waals surface area contributed by atoms with Crippen LogP contribution in [0.1, 0.15) is 15.9 Å². The second-order valence-electron chi connectivity index (χ2n) is 4.81. The lowest BCUT2D eigenvalue weighted by Crippen LogP contribution is -2.11.